The van der Waals surface area contributed by atoms with Gasteiger partial charge in [0.15, 0.2) is 0 Å². The van der Waals surface area contributed by atoms with Crippen molar-refractivity contribution < 1.29 is 17.9 Å². The summed E-state index contributed by atoms with van der Waals surface area (Å²) in [7, 11) is 1.47. The van der Waals surface area contributed by atoms with Crippen LogP contribution in [0.2, 0.25) is 0 Å². The Kier molecular flexibility index (Phi) is 5.25. The third kappa shape index (κ3) is 9.07. The monoisotopic (exact) mass is 180 g/mol. The highest BCUT2D eigenvalue weighted by Crippen LogP contribution is 2.21. The Morgan fingerprint density at radius 1 is 1.25 bits per heavy atom. The molecule has 0 spiro atoms. The Morgan fingerprint density at radius 3 is 2.42 bits per heavy atom. The molecule has 0 aliphatic carbocycles. The summed E-state index contributed by atoms with van der Waals surface area (Å²) in [6.07, 6.45) is 1.08. The van der Waals surface area contributed by atoms with Gasteiger partial charge >= 0.3 is 6.18 Å². The minimum absolute atomic E-state index is 0.0115. The quantitative estimate of drug-likeness (QED) is 0.477. The standard InChI is InChI=1S/C8H11F3O/c1-12-7-5-3-2-4-6-8(9,10)11/h2-3,5,7H,4,6H2,1H3/b3-2-,7-5-. The minimum Gasteiger partial charge on any atom is -0.504 e. The molecule has 0 unspecified atom stereocenters. The summed E-state index contributed by atoms with van der Waals surface area (Å²) in [6.45, 7) is 0. The smallest absolute Gasteiger partial charge is 0.389 e. The fourth-order valence-electron chi connectivity index (χ4n) is 0.546. The van der Waals surface area contributed by atoms with Crippen LogP contribution in [0.25, 0.3) is 0 Å². The molecule has 0 bridgehead atoms. The molecule has 0 fully saturated rings. The molecule has 0 heterocycles. The molecule has 0 aromatic rings. The van der Waals surface area contributed by atoms with Gasteiger partial charge < -0.3 is 4.74 Å². The van der Waals surface area contributed by atoms with Crippen molar-refractivity contribution in [1.29, 1.82) is 0 Å². The lowest BCUT2D eigenvalue weighted by molar-refractivity contribution is -0.133. The van der Waals surface area contributed by atoms with Crippen molar-refractivity contribution in [2.75, 3.05) is 7.11 Å². The second kappa shape index (κ2) is 5.69. The van der Waals surface area contributed by atoms with Crippen molar-refractivity contribution >= 4 is 0 Å². The minimum atomic E-state index is -4.06. The van der Waals surface area contributed by atoms with Crippen molar-refractivity contribution in [1.82, 2.24) is 0 Å². The summed E-state index contributed by atoms with van der Waals surface area (Å²) in [4.78, 5) is 0. The number of halogens is 3. The van der Waals surface area contributed by atoms with Crippen molar-refractivity contribution in [2.45, 2.75) is 19.0 Å². The maximum Gasteiger partial charge on any atom is 0.389 e. The second-order valence-corrected chi connectivity index (χ2v) is 2.15. The fourth-order valence-corrected chi connectivity index (χ4v) is 0.546. The van der Waals surface area contributed by atoms with Gasteiger partial charge in [0.05, 0.1) is 13.4 Å². The summed E-state index contributed by atoms with van der Waals surface area (Å²) in [6, 6.07) is 0. The molecule has 0 N–H and O–H groups in total. The predicted molar refractivity (Wildman–Crippen MR) is 40.6 cm³/mol. The molecule has 4 heteroatoms. The van der Waals surface area contributed by atoms with E-state index in [1.165, 1.54) is 31.6 Å². The summed E-state index contributed by atoms with van der Waals surface area (Å²) < 4.78 is 39.2. The summed E-state index contributed by atoms with van der Waals surface area (Å²) in [5.41, 5.74) is 0. The van der Waals surface area contributed by atoms with Gasteiger partial charge in [0.2, 0.25) is 0 Å². The predicted octanol–water partition coefficient (Wildman–Crippen LogP) is 3.05. The second-order valence-electron chi connectivity index (χ2n) is 2.15. The van der Waals surface area contributed by atoms with Gasteiger partial charge in [0.1, 0.15) is 0 Å². The van der Waals surface area contributed by atoms with E-state index in [2.05, 4.69) is 4.74 Å². The molecule has 0 radical (unpaired) electrons. The van der Waals surface area contributed by atoms with E-state index in [0.717, 1.165) is 0 Å². The molecule has 0 saturated carbocycles. The Hall–Kier alpha value is -0.930. The van der Waals surface area contributed by atoms with E-state index >= 15 is 0 Å². The fraction of sp³-hybridized carbons (Fsp3) is 0.500. The van der Waals surface area contributed by atoms with E-state index in [1.807, 2.05) is 0 Å². The van der Waals surface area contributed by atoms with Gasteiger partial charge in [0, 0.05) is 6.42 Å². The summed E-state index contributed by atoms with van der Waals surface area (Å²) in [5.74, 6) is 0. The summed E-state index contributed by atoms with van der Waals surface area (Å²) >= 11 is 0. The molecule has 12 heavy (non-hydrogen) atoms. The molecule has 0 amide bonds. The van der Waals surface area contributed by atoms with E-state index in [1.54, 1.807) is 0 Å². The van der Waals surface area contributed by atoms with Gasteiger partial charge in [-0.25, -0.2) is 0 Å². The van der Waals surface area contributed by atoms with Crippen LogP contribution in [0.3, 0.4) is 0 Å². The average Bonchev–Trinajstić information content (AvgIpc) is 1.94. The van der Waals surface area contributed by atoms with Gasteiger partial charge in [-0.05, 0) is 12.5 Å². The van der Waals surface area contributed by atoms with Crippen LogP contribution in [0.15, 0.2) is 24.5 Å². The zero-order chi connectivity index (χ0) is 9.45. The molecular formula is C8H11F3O. The van der Waals surface area contributed by atoms with Crippen molar-refractivity contribution in [3.05, 3.63) is 24.5 Å². The van der Waals surface area contributed by atoms with Crippen LogP contribution in [0.1, 0.15) is 12.8 Å². The summed E-state index contributed by atoms with van der Waals surface area (Å²) in [5, 5.41) is 0. The van der Waals surface area contributed by atoms with Crippen LogP contribution >= 0.6 is 0 Å². The normalized spacial score (nSPS) is 13.0. The highest BCUT2D eigenvalue weighted by atomic mass is 19.4. The van der Waals surface area contributed by atoms with Crippen molar-refractivity contribution in [2.24, 2.45) is 0 Å². The van der Waals surface area contributed by atoms with Gasteiger partial charge in [-0.15, -0.1) is 0 Å². The van der Waals surface area contributed by atoms with Gasteiger partial charge in [-0.2, -0.15) is 13.2 Å². The molecular weight excluding hydrogens is 169 g/mol. The lowest BCUT2D eigenvalue weighted by Crippen LogP contribution is -2.05. The van der Waals surface area contributed by atoms with Crippen LogP contribution in [-0.4, -0.2) is 13.3 Å². The first kappa shape index (κ1) is 11.1. The SMILES string of the molecule is CO/C=C\C=C/CCC(F)(F)F. The van der Waals surface area contributed by atoms with Crippen molar-refractivity contribution in [3.8, 4) is 0 Å². The lowest BCUT2D eigenvalue weighted by Gasteiger charge is -2.01. The maximum atomic E-state index is 11.6. The van der Waals surface area contributed by atoms with E-state index in [-0.39, 0.29) is 6.42 Å². The first-order chi connectivity index (χ1) is 5.56. The zero-order valence-electron chi connectivity index (χ0n) is 6.77. The van der Waals surface area contributed by atoms with E-state index < -0.39 is 12.6 Å². The van der Waals surface area contributed by atoms with E-state index in [0.29, 0.717) is 0 Å². The molecule has 70 valence electrons. The average molecular weight is 180 g/mol. The molecule has 0 saturated heterocycles. The molecule has 0 aliphatic rings. The molecule has 0 rings (SSSR count). The lowest BCUT2D eigenvalue weighted by atomic mass is 10.3. The van der Waals surface area contributed by atoms with Gasteiger partial charge in [-0.1, -0.05) is 12.2 Å². The number of ether oxygens (including phenoxy) is 1. The third-order valence-electron chi connectivity index (χ3n) is 1.06. The molecule has 1 nitrogen and oxygen atoms in total. The topological polar surface area (TPSA) is 9.23 Å². The number of allylic oxidation sites excluding steroid dienone is 3. The van der Waals surface area contributed by atoms with E-state index in [9.17, 15) is 13.2 Å². The molecule has 0 atom stereocenters. The van der Waals surface area contributed by atoms with Crippen molar-refractivity contribution in [3.63, 3.8) is 0 Å². The molecule has 0 aromatic carbocycles. The number of methoxy groups -OCH3 is 1. The van der Waals surface area contributed by atoms with Gasteiger partial charge in [-0.3, -0.25) is 0 Å². The molecule has 0 aliphatic heterocycles. The molecule has 0 aromatic heterocycles. The van der Waals surface area contributed by atoms with Crippen LogP contribution in [0.4, 0.5) is 13.2 Å². The van der Waals surface area contributed by atoms with Gasteiger partial charge in [0.25, 0.3) is 0 Å². The van der Waals surface area contributed by atoms with Crippen LogP contribution < -0.4 is 0 Å². The zero-order valence-corrected chi connectivity index (χ0v) is 6.77. The highest BCUT2D eigenvalue weighted by molar-refractivity contribution is 4.99. The Balaban J connectivity index is 3.43. The maximum absolute atomic E-state index is 11.6. The van der Waals surface area contributed by atoms with Crippen LogP contribution in [-0.2, 0) is 4.74 Å². The van der Waals surface area contributed by atoms with Crippen LogP contribution in [0, 0.1) is 0 Å². The number of hydrogen-bond acceptors (Lipinski definition) is 1. The number of hydrogen-bond donors (Lipinski definition) is 0. The highest BCUT2D eigenvalue weighted by Gasteiger charge is 2.25. The first-order valence-electron chi connectivity index (χ1n) is 3.47. The third-order valence-corrected chi connectivity index (χ3v) is 1.06. The Morgan fingerprint density at radius 2 is 1.92 bits per heavy atom. The number of alkyl halides is 3. The Labute approximate surface area is 69.5 Å². The van der Waals surface area contributed by atoms with Crippen LogP contribution in [0.5, 0.6) is 0 Å². The first-order valence-corrected chi connectivity index (χ1v) is 3.47. The number of rotatable bonds is 4. The van der Waals surface area contributed by atoms with E-state index in [4.69, 9.17) is 0 Å². The Bertz CT molecular complexity index is 158. The largest absolute Gasteiger partial charge is 0.504 e.